The smallest absolute Gasteiger partial charge is 0.256 e. The Morgan fingerprint density at radius 3 is 2.40 bits per heavy atom. The molecule has 0 spiro atoms. The SMILES string of the molecule is CN(Cc1ccc(N2CCOCC2)cc1)C(=O)C(O)c1ccccc1. The van der Waals surface area contributed by atoms with Gasteiger partial charge in [0.2, 0.25) is 0 Å². The van der Waals surface area contributed by atoms with Crippen LogP contribution in [0.2, 0.25) is 0 Å². The molecule has 0 radical (unpaired) electrons. The molecular formula is C20H24N2O3. The molecule has 5 nitrogen and oxygen atoms in total. The second kappa shape index (κ2) is 8.14. The molecule has 25 heavy (non-hydrogen) atoms. The molecule has 0 aliphatic carbocycles. The van der Waals surface area contributed by atoms with Crippen LogP contribution in [-0.2, 0) is 16.1 Å². The van der Waals surface area contributed by atoms with Gasteiger partial charge < -0.3 is 19.6 Å². The number of rotatable bonds is 5. The summed E-state index contributed by atoms with van der Waals surface area (Å²) in [7, 11) is 1.71. The monoisotopic (exact) mass is 340 g/mol. The third kappa shape index (κ3) is 4.38. The highest BCUT2D eigenvalue weighted by Crippen LogP contribution is 2.19. The molecule has 1 aliphatic heterocycles. The summed E-state index contributed by atoms with van der Waals surface area (Å²) in [5.41, 5.74) is 2.82. The van der Waals surface area contributed by atoms with Gasteiger partial charge >= 0.3 is 0 Å². The highest BCUT2D eigenvalue weighted by atomic mass is 16.5. The average Bonchev–Trinajstić information content (AvgIpc) is 2.68. The molecule has 0 bridgehead atoms. The first kappa shape index (κ1) is 17.5. The van der Waals surface area contributed by atoms with Crippen molar-refractivity contribution in [1.82, 2.24) is 4.90 Å². The van der Waals surface area contributed by atoms with E-state index in [0.29, 0.717) is 12.1 Å². The second-order valence-corrected chi connectivity index (χ2v) is 6.27. The zero-order valence-corrected chi connectivity index (χ0v) is 14.5. The van der Waals surface area contributed by atoms with Crippen molar-refractivity contribution >= 4 is 11.6 Å². The molecule has 5 heteroatoms. The lowest BCUT2D eigenvalue weighted by Crippen LogP contribution is -2.36. The Kier molecular flexibility index (Phi) is 5.68. The number of aliphatic hydroxyl groups is 1. The molecule has 1 amide bonds. The number of nitrogens with zero attached hydrogens (tertiary/aromatic N) is 2. The van der Waals surface area contributed by atoms with Gasteiger partial charge in [-0.25, -0.2) is 0 Å². The van der Waals surface area contributed by atoms with Crippen LogP contribution in [0.15, 0.2) is 54.6 Å². The zero-order valence-electron chi connectivity index (χ0n) is 14.5. The van der Waals surface area contributed by atoms with Crippen molar-refractivity contribution < 1.29 is 14.6 Å². The van der Waals surface area contributed by atoms with Crippen LogP contribution < -0.4 is 4.90 Å². The lowest BCUT2D eigenvalue weighted by molar-refractivity contribution is -0.139. The van der Waals surface area contributed by atoms with Crippen LogP contribution in [0.25, 0.3) is 0 Å². The van der Waals surface area contributed by atoms with E-state index >= 15 is 0 Å². The van der Waals surface area contributed by atoms with E-state index < -0.39 is 6.10 Å². The summed E-state index contributed by atoms with van der Waals surface area (Å²) < 4.78 is 5.37. The van der Waals surface area contributed by atoms with Gasteiger partial charge in [-0.15, -0.1) is 0 Å². The number of benzene rings is 2. The summed E-state index contributed by atoms with van der Waals surface area (Å²) >= 11 is 0. The van der Waals surface area contributed by atoms with Crippen molar-refractivity contribution in [2.24, 2.45) is 0 Å². The largest absolute Gasteiger partial charge is 0.378 e. The van der Waals surface area contributed by atoms with Gasteiger partial charge in [-0.05, 0) is 23.3 Å². The van der Waals surface area contributed by atoms with Gasteiger partial charge in [0, 0.05) is 32.4 Å². The van der Waals surface area contributed by atoms with Crippen molar-refractivity contribution in [3.05, 3.63) is 65.7 Å². The van der Waals surface area contributed by atoms with Crippen LogP contribution in [0.3, 0.4) is 0 Å². The number of aliphatic hydroxyl groups excluding tert-OH is 1. The van der Waals surface area contributed by atoms with E-state index in [9.17, 15) is 9.90 Å². The van der Waals surface area contributed by atoms with Gasteiger partial charge in [0.25, 0.3) is 5.91 Å². The number of likely N-dealkylation sites (N-methyl/N-ethyl adjacent to an activating group) is 1. The molecule has 2 aromatic carbocycles. The van der Waals surface area contributed by atoms with Crippen LogP contribution in [0.4, 0.5) is 5.69 Å². The Bertz CT molecular complexity index is 682. The minimum atomic E-state index is -1.13. The molecule has 132 valence electrons. The highest BCUT2D eigenvalue weighted by molar-refractivity contribution is 5.81. The number of ether oxygens (including phenoxy) is 1. The number of anilines is 1. The van der Waals surface area contributed by atoms with Gasteiger partial charge in [0.05, 0.1) is 13.2 Å². The average molecular weight is 340 g/mol. The normalized spacial score (nSPS) is 15.7. The first-order chi connectivity index (χ1) is 12.1. The number of morpholine rings is 1. The van der Waals surface area contributed by atoms with Crippen molar-refractivity contribution in [2.75, 3.05) is 38.3 Å². The van der Waals surface area contributed by atoms with Gasteiger partial charge in [-0.2, -0.15) is 0 Å². The maximum atomic E-state index is 12.4. The first-order valence-corrected chi connectivity index (χ1v) is 8.55. The third-order valence-corrected chi connectivity index (χ3v) is 4.46. The lowest BCUT2D eigenvalue weighted by Gasteiger charge is -2.29. The van der Waals surface area contributed by atoms with Crippen LogP contribution in [-0.4, -0.2) is 49.3 Å². The van der Waals surface area contributed by atoms with E-state index in [4.69, 9.17) is 4.74 Å². The minimum absolute atomic E-state index is 0.302. The minimum Gasteiger partial charge on any atom is -0.378 e. The zero-order chi connectivity index (χ0) is 17.6. The molecule has 1 atom stereocenters. The van der Waals surface area contributed by atoms with E-state index in [-0.39, 0.29) is 5.91 Å². The maximum absolute atomic E-state index is 12.4. The Balaban J connectivity index is 1.60. The van der Waals surface area contributed by atoms with Crippen LogP contribution in [0.5, 0.6) is 0 Å². The van der Waals surface area contributed by atoms with Crippen molar-refractivity contribution in [3.8, 4) is 0 Å². The molecule has 2 aromatic rings. The molecule has 0 saturated carbocycles. The fourth-order valence-corrected chi connectivity index (χ4v) is 2.97. The number of hydrogen-bond donors (Lipinski definition) is 1. The Morgan fingerprint density at radius 2 is 1.76 bits per heavy atom. The molecule has 1 aliphatic rings. The Morgan fingerprint density at radius 1 is 1.12 bits per heavy atom. The number of amides is 1. The van der Waals surface area contributed by atoms with E-state index in [2.05, 4.69) is 17.0 Å². The maximum Gasteiger partial charge on any atom is 0.256 e. The van der Waals surface area contributed by atoms with E-state index in [1.54, 1.807) is 24.1 Å². The summed E-state index contributed by atoms with van der Waals surface area (Å²) in [6, 6.07) is 17.2. The van der Waals surface area contributed by atoms with Crippen molar-refractivity contribution in [2.45, 2.75) is 12.6 Å². The van der Waals surface area contributed by atoms with Crippen LogP contribution in [0.1, 0.15) is 17.2 Å². The molecule has 1 saturated heterocycles. The van der Waals surface area contributed by atoms with Gasteiger partial charge in [-0.3, -0.25) is 4.79 Å². The molecule has 0 aromatic heterocycles. The Labute approximate surface area is 148 Å². The molecule has 1 fully saturated rings. The van der Waals surface area contributed by atoms with E-state index in [0.717, 1.165) is 31.9 Å². The number of carbonyl (C=O) groups excluding carboxylic acids is 1. The van der Waals surface area contributed by atoms with Gasteiger partial charge in [0.1, 0.15) is 0 Å². The quantitative estimate of drug-likeness (QED) is 0.907. The highest BCUT2D eigenvalue weighted by Gasteiger charge is 2.21. The van der Waals surface area contributed by atoms with Crippen molar-refractivity contribution in [3.63, 3.8) is 0 Å². The molecule has 1 N–H and O–H groups in total. The molecule has 3 rings (SSSR count). The van der Waals surface area contributed by atoms with Crippen molar-refractivity contribution in [1.29, 1.82) is 0 Å². The molecular weight excluding hydrogens is 316 g/mol. The second-order valence-electron chi connectivity index (χ2n) is 6.27. The fraction of sp³-hybridized carbons (Fsp3) is 0.350. The topological polar surface area (TPSA) is 53.0 Å². The molecule has 1 unspecified atom stereocenters. The predicted octanol–water partition coefficient (Wildman–Crippen LogP) is 2.22. The molecule has 1 heterocycles. The first-order valence-electron chi connectivity index (χ1n) is 8.55. The van der Waals surface area contributed by atoms with E-state index in [1.165, 1.54) is 5.69 Å². The predicted molar refractivity (Wildman–Crippen MR) is 97.3 cm³/mol. The van der Waals surface area contributed by atoms with E-state index in [1.807, 2.05) is 30.3 Å². The summed E-state index contributed by atoms with van der Waals surface area (Å²) in [5, 5.41) is 10.2. The van der Waals surface area contributed by atoms with Crippen LogP contribution in [0, 0.1) is 0 Å². The standard InChI is InChI=1S/C20H24N2O3/c1-21(20(24)19(23)17-5-3-2-4-6-17)15-16-7-9-18(10-8-16)22-11-13-25-14-12-22/h2-10,19,23H,11-15H2,1H3. The van der Waals surface area contributed by atoms with Gasteiger partial charge in [0.15, 0.2) is 6.10 Å². The Hall–Kier alpha value is -2.37. The summed E-state index contributed by atoms with van der Waals surface area (Å²) in [6.07, 6.45) is -1.13. The summed E-state index contributed by atoms with van der Waals surface area (Å²) in [4.78, 5) is 16.3. The summed E-state index contributed by atoms with van der Waals surface area (Å²) in [6.45, 7) is 3.79. The number of hydrogen-bond acceptors (Lipinski definition) is 4. The fourth-order valence-electron chi connectivity index (χ4n) is 2.97. The summed E-state index contributed by atoms with van der Waals surface area (Å²) in [5.74, 6) is -0.302. The number of carbonyl (C=O) groups is 1. The van der Waals surface area contributed by atoms with Gasteiger partial charge in [-0.1, -0.05) is 42.5 Å². The third-order valence-electron chi connectivity index (χ3n) is 4.46. The van der Waals surface area contributed by atoms with Crippen LogP contribution >= 0.6 is 0 Å². The lowest BCUT2D eigenvalue weighted by atomic mass is 10.1.